The van der Waals surface area contributed by atoms with Crippen LogP contribution < -0.4 is 11.1 Å². The fourth-order valence-electron chi connectivity index (χ4n) is 1.96. The number of hydrogen-bond donors (Lipinski definition) is 2. The van der Waals surface area contributed by atoms with Gasteiger partial charge in [0, 0.05) is 11.7 Å². The van der Waals surface area contributed by atoms with Crippen LogP contribution in [0.3, 0.4) is 0 Å². The SMILES string of the molecule is CCC(CC)NC(=O)C(C)OC(=O)c1cccc(N)c1C. The quantitative estimate of drug-likeness (QED) is 0.623. The molecule has 1 amide bonds. The topological polar surface area (TPSA) is 81.4 Å². The van der Waals surface area contributed by atoms with E-state index in [1.54, 1.807) is 32.0 Å². The van der Waals surface area contributed by atoms with E-state index < -0.39 is 12.1 Å². The van der Waals surface area contributed by atoms with Crippen molar-refractivity contribution in [3.63, 3.8) is 0 Å². The standard InChI is InChI=1S/C16H24N2O3/c1-5-12(6-2)18-15(19)11(4)21-16(20)13-8-7-9-14(17)10(13)3/h7-9,11-12H,5-6,17H2,1-4H3,(H,18,19). The smallest absolute Gasteiger partial charge is 0.339 e. The molecule has 1 aromatic rings. The summed E-state index contributed by atoms with van der Waals surface area (Å²) in [6.45, 7) is 7.32. The number of nitrogens with two attached hydrogens (primary N) is 1. The molecule has 1 aromatic carbocycles. The first-order valence-corrected chi connectivity index (χ1v) is 7.27. The summed E-state index contributed by atoms with van der Waals surface area (Å²) in [7, 11) is 0. The van der Waals surface area contributed by atoms with Crippen LogP contribution in [0.1, 0.15) is 49.5 Å². The summed E-state index contributed by atoms with van der Waals surface area (Å²) >= 11 is 0. The number of nitrogen functional groups attached to an aromatic ring is 1. The molecule has 5 nitrogen and oxygen atoms in total. The van der Waals surface area contributed by atoms with Gasteiger partial charge in [0.15, 0.2) is 6.10 Å². The second-order valence-corrected chi connectivity index (χ2v) is 5.09. The van der Waals surface area contributed by atoms with Crippen LogP contribution in [0.25, 0.3) is 0 Å². The molecule has 0 aliphatic carbocycles. The number of anilines is 1. The van der Waals surface area contributed by atoms with E-state index in [-0.39, 0.29) is 11.9 Å². The Bertz CT molecular complexity index is 510. The number of carbonyl (C=O) groups excluding carboxylic acids is 2. The maximum Gasteiger partial charge on any atom is 0.339 e. The molecule has 0 radical (unpaired) electrons. The molecular formula is C16H24N2O3. The monoisotopic (exact) mass is 292 g/mol. The van der Waals surface area contributed by atoms with Crippen LogP contribution in [-0.2, 0) is 9.53 Å². The maximum absolute atomic E-state index is 12.1. The highest BCUT2D eigenvalue weighted by Crippen LogP contribution is 2.17. The van der Waals surface area contributed by atoms with Gasteiger partial charge in [-0.15, -0.1) is 0 Å². The zero-order valence-corrected chi connectivity index (χ0v) is 13.1. The Morgan fingerprint density at radius 2 is 1.90 bits per heavy atom. The number of ether oxygens (including phenoxy) is 1. The largest absolute Gasteiger partial charge is 0.449 e. The Labute approximate surface area is 125 Å². The fourth-order valence-corrected chi connectivity index (χ4v) is 1.96. The number of rotatable bonds is 6. The normalized spacial score (nSPS) is 12.0. The second kappa shape index (κ2) is 7.67. The van der Waals surface area contributed by atoms with E-state index in [2.05, 4.69) is 5.32 Å². The van der Waals surface area contributed by atoms with Gasteiger partial charge in [-0.1, -0.05) is 19.9 Å². The average molecular weight is 292 g/mol. The van der Waals surface area contributed by atoms with Crippen LogP contribution in [0, 0.1) is 6.92 Å². The van der Waals surface area contributed by atoms with Crippen molar-refractivity contribution in [3.8, 4) is 0 Å². The third kappa shape index (κ3) is 4.48. The Hall–Kier alpha value is -2.04. The number of esters is 1. The minimum Gasteiger partial charge on any atom is -0.449 e. The Morgan fingerprint density at radius 3 is 2.48 bits per heavy atom. The zero-order chi connectivity index (χ0) is 16.0. The number of nitrogens with one attached hydrogen (secondary N) is 1. The molecule has 0 aromatic heterocycles. The minimum absolute atomic E-state index is 0.104. The zero-order valence-electron chi connectivity index (χ0n) is 13.1. The molecule has 1 atom stereocenters. The van der Waals surface area contributed by atoms with Crippen LogP contribution >= 0.6 is 0 Å². The number of amides is 1. The van der Waals surface area contributed by atoms with Gasteiger partial charge < -0.3 is 15.8 Å². The summed E-state index contributed by atoms with van der Waals surface area (Å²) in [4.78, 5) is 24.1. The molecule has 1 unspecified atom stereocenters. The maximum atomic E-state index is 12.1. The van der Waals surface area contributed by atoms with E-state index in [1.807, 2.05) is 13.8 Å². The molecule has 21 heavy (non-hydrogen) atoms. The van der Waals surface area contributed by atoms with Crippen molar-refractivity contribution in [2.45, 2.75) is 52.7 Å². The first-order valence-electron chi connectivity index (χ1n) is 7.27. The number of hydrogen-bond acceptors (Lipinski definition) is 4. The highest BCUT2D eigenvalue weighted by molar-refractivity contribution is 5.94. The Morgan fingerprint density at radius 1 is 1.29 bits per heavy atom. The van der Waals surface area contributed by atoms with Crippen LogP contribution in [0.15, 0.2) is 18.2 Å². The van der Waals surface area contributed by atoms with Crippen molar-refractivity contribution in [3.05, 3.63) is 29.3 Å². The van der Waals surface area contributed by atoms with Gasteiger partial charge in [0.1, 0.15) is 0 Å². The molecule has 0 bridgehead atoms. The number of carbonyl (C=O) groups is 2. The highest BCUT2D eigenvalue weighted by atomic mass is 16.5. The number of benzene rings is 1. The summed E-state index contributed by atoms with van der Waals surface area (Å²) in [5.74, 6) is -0.814. The van der Waals surface area contributed by atoms with Crippen LogP contribution in [0.2, 0.25) is 0 Å². The van der Waals surface area contributed by atoms with E-state index in [1.165, 1.54) is 0 Å². The Kier molecular flexibility index (Phi) is 6.21. The lowest BCUT2D eigenvalue weighted by Gasteiger charge is -2.19. The first-order chi connectivity index (χ1) is 9.90. The summed E-state index contributed by atoms with van der Waals surface area (Å²) in [5.41, 5.74) is 7.34. The third-order valence-corrected chi connectivity index (χ3v) is 3.58. The van der Waals surface area contributed by atoms with Crippen molar-refractivity contribution in [2.75, 3.05) is 5.73 Å². The van der Waals surface area contributed by atoms with Gasteiger partial charge in [-0.2, -0.15) is 0 Å². The molecule has 5 heteroatoms. The van der Waals surface area contributed by atoms with E-state index in [4.69, 9.17) is 10.5 Å². The minimum atomic E-state index is -0.834. The second-order valence-electron chi connectivity index (χ2n) is 5.09. The molecule has 116 valence electrons. The summed E-state index contributed by atoms with van der Waals surface area (Å²) in [6, 6.07) is 5.15. The van der Waals surface area contributed by atoms with Crippen LogP contribution in [-0.4, -0.2) is 24.0 Å². The lowest BCUT2D eigenvalue weighted by Crippen LogP contribution is -2.41. The predicted octanol–water partition coefficient (Wildman–Crippen LogP) is 2.43. The average Bonchev–Trinajstić information content (AvgIpc) is 2.46. The fraction of sp³-hybridized carbons (Fsp3) is 0.500. The summed E-state index contributed by atoms with van der Waals surface area (Å²) in [5, 5.41) is 2.86. The van der Waals surface area contributed by atoms with E-state index in [0.717, 1.165) is 12.8 Å². The van der Waals surface area contributed by atoms with Gasteiger partial charge in [-0.3, -0.25) is 4.79 Å². The van der Waals surface area contributed by atoms with Gasteiger partial charge >= 0.3 is 5.97 Å². The lowest BCUT2D eigenvalue weighted by molar-refractivity contribution is -0.129. The van der Waals surface area contributed by atoms with Crippen molar-refractivity contribution in [1.82, 2.24) is 5.32 Å². The van der Waals surface area contributed by atoms with Crippen molar-refractivity contribution >= 4 is 17.6 Å². The molecule has 0 spiro atoms. The van der Waals surface area contributed by atoms with E-state index in [0.29, 0.717) is 16.8 Å². The molecule has 0 heterocycles. The molecule has 0 saturated carbocycles. The molecular weight excluding hydrogens is 268 g/mol. The summed E-state index contributed by atoms with van der Waals surface area (Å²) in [6.07, 6.45) is 0.855. The van der Waals surface area contributed by atoms with E-state index in [9.17, 15) is 9.59 Å². The lowest BCUT2D eigenvalue weighted by atomic mass is 10.1. The van der Waals surface area contributed by atoms with Gasteiger partial charge in [0.05, 0.1) is 5.56 Å². The molecule has 0 aliphatic heterocycles. The first kappa shape index (κ1) is 17.0. The van der Waals surface area contributed by atoms with Gasteiger partial charge in [-0.25, -0.2) is 4.79 Å². The molecule has 0 fully saturated rings. The van der Waals surface area contributed by atoms with Crippen molar-refractivity contribution in [2.24, 2.45) is 0 Å². The Balaban J connectivity index is 2.69. The summed E-state index contributed by atoms with van der Waals surface area (Å²) < 4.78 is 5.22. The molecule has 0 saturated heterocycles. The molecule has 0 aliphatic rings. The molecule has 1 rings (SSSR count). The van der Waals surface area contributed by atoms with Crippen molar-refractivity contribution in [1.29, 1.82) is 0 Å². The van der Waals surface area contributed by atoms with E-state index >= 15 is 0 Å². The third-order valence-electron chi connectivity index (χ3n) is 3.58. The van der Waals surface area contributed by atoms with Crippen LogP contribution in [0.4, 0.5) is 5.69 Å². The van der Waals surface area contributed by atoms with Gasteiger partial charge in [0.25, 0.3) is 5.91 Å². The van der Waals surface area contributed by atoms with Crippen molar-refractivity contribution < 1.29 is 14.3 Å². The highest BCUT2D eigenvalue weighted by Gasteiger charge is 2.21. The predicted molar refractivity (Wildman–Crippen MR) is 83.0 cm³/mol. The molecule has 3 N–H and O–H groups in total. The van der Waals surface area contributed by atoms with Gasteiger partial charge in [0.2, 0.25) is 0 Å². The van der Waals surface area contributed by atoms with Crippen LogP contribution in [0.5, 0.6) is 0 Å². The van der Waals surface area contributed by atoms with Gasteiger partial charge in [-0.05, 0) is 44.4 Å².